The summed E-state index contributed by atoms with van der Waals surface area (Å²) in [5.41, 5.74) is 5.29. The second-order valence-electron chi connectivity index (χ2n) is 8.48. The molecule has 0 unspecified atom stereocenters. The summed E-state index contributed by atoms with van der Waals surface area (Å²) >= 11 is 8.79. The van der Waals surface area contributed by atoms with Crippen molar-refractivity contribution in [1.29, 1.82) is 0 Å². The van der Waals surface area contributed by atoms with Gasteiger partial charge >= 0.3 is 0 Å². The lowest BCUT2D eigenvalue weighted by Crippen LogP contribution is -2.24. The number of thiophene rings is 1. The Morgan fingerprint density at radius 2 is 2.08 bits per heavy atom. The summed E-state index contributed by atoms with van der Waals surface area (Å²) < 4.78 is 1.55. The molecule has 4 aromatic rings. The van der Waals surface area contributed by atoms with E-state index >= 15 is 0 Å². The highest BCUT2D eigenvalue weighted by molar-refractivity contribution is 7.99. The number of rotatable bonds is 8. The number of aromatic hydroxyl groups is 1. The molecule has 0 atom stereocenters. The van der Waals surface area contributed by atoms with Crippen LogP contribution in [0.25, 0.3) is 15.9 Å². The largest absolute Gasteiger partial charge is 0.507 e. The number of aromatic nitrogens is 2. The number of halogens is 1. The molecule has 2 aromatic heterocycles. The molecule has 0 bridgehead atoms. The van der Waals surface area contributed by atoms with Crippen molar-refractivity contribution in [3.05, 3.63) is 92.1 Å². The molecule has 0 radical (unpaired) electrons. The molecule has 10 heteroatoms. The van der Waals surface area contributed by atoms with Gasteiger partial charge in [-0.05, 0) is 67.1 Å². The van der Waals surface area contributed by atoms with Crippen molar-refractivity contribution in [1.82, 2.24) is 15.0 Å². The van der Waals surface area contributed by atoms with E-state index in [1.807, 2.05) is 0 Å². The van der Waals surface area contributed by atoms with Crippen LogP contribution in [0.1, 0.15) is 28.0 Å². The van der Waals surface area contributed by atoms with E-state index in [0.717, 1.165) is 42.2 Å². The number of amides is 1. The van der Waals surface area contributed by atoms with E-state index in [2.05, 4.69) is 17.1 Å². The Morgan fingerprint density at radius 3 is 2.86 bits per heavy atom. The number of fused-ring (bicyclic) bond motifs is 3. The van der Waals surface area contributed by atoms with Crippen molar-refractivity contribution in [3.8, 4) is 11.4 Å². The van der Waals surface area contributed by atoms with Crippen LogP contribution in [0.15, 0.2) is 70.2 Å². The van der Waals surface area contributed by atoms with Crippen LogP contribution in [0.4, 0.5) is 0 Å². The van der Waals surface area contributed by atoms with Gasteiger partial charge in [-0.25, -0.2) is 10.4 Å². The van der Waals surface area contributed by atoms with Crippen molar-refractivity contribution in [3.63, 3.8) is 0 Å². The van der Waals surface area contributed by atoms with Gasteiger partial charge in [0.25, 0.3) is 11.5 Å². The number of aryl methyl sites for hydroxylation is 2. The van der Waals surface area contributed by atoms with Crippen molar-refractivity contribution >= 4 is 57.0 Å². The first-order chi connectivity index (χ1) is 18.0. The van der Waals surface area contributed by atoms with E-state index in [9.17, 15) is 14.7 Å². The Kier molecular flexibility index (Phi) is 7.45. The van der Waals surface area contributed by atoms with Crippen LogP contribution in [-0.2, 0) is 24.1 Å². The number of hydrogen-bond acceptors (Lipinski definition) is 7. The molecule has 2 aromatic carbocycles. The lowest BCUT2D eigenvalue weighted by molar-refractivity contribution is -0.118. The third-order valence-electron chi connectivity index (χ3n) is 6.03. The van der Waals surface area contributed by atoms with Gasteiger partial charge in [0.1, 0.15) is 10.6 Å². The van der Waals surface area contributed by atoms with Crippen LogP contribution in [0.2, 0.25) is 5.02 Å². The summed E-state index contributed by atoms with van der Waals surface area (Å²) in [5.74, 6) is -0.271. The number of nitrogens with zero attached hydrogens (tertiary/aromatic N) is 3. The fraction of sp³-hybridized carbons (Fsp3) is 0.185. The van der Waals surface area contributed by atoms with E-state index in [0.29, 0.717) is 38.1 Å². The SMILES string of the molecule is C=CCc1cccc(C=NNC(=O)CSc2nc3sc4c(c3c(=O)n2-c2ccc(Cl)cc2)CCC4)c1O. The average molecular weight is 551 g/mol. The zero-order valence-electron chi connectivity index (χ0n) is 19.7. The predicted molar refractivity (Wildman–Crippen MR) is 151 cm³/mol. The highest BCUT2D eigenvalue weighted by Gasteiger charge is 2.24. The standard InChI is InChI=1S/C27H23ClN4O3S2/c1-2-5-16-6-3-7-17(24(16)34)14-29-31-22(33)15-36-27-30-25-23(20-8-4-9-21(20)37-25)26(35)32(27)19-12-10-18(28)11-13-19/h2-3,6-7,10-14,34H,1,4-5,8-9,15H2,(H,31,33). The maximum Gasteiger partial charge on any atom is 0.267 e. The number of thioether (sulfide) groups is 1. The number of carbonyl (C=O) groups is 1. The molecule has 0 fully saturated rings. The van der Waals surface area contributed by atoms with Gasteiger partial charge in [-0.2, -0.15) is 5.10 Å². The molecule has 0 spiro atoms. The summed E-state index contributed by atoms with van der Waals surface area (Å²) in [6, 6.07) is 12.3. The number of phenols is 1. The molecule has 188 valence electrons. The topological polar surface area (TPSA) is 96.6 Å². The number of carbonyl (C=O) groups excluding carboxylic acids is 1. The first-order valence-corrected chi connectivity index (χ1v) is 13.8. The molecule has 7 nitrogen and oxygen atoms in total. The first-order valence-electron chi connectivity index (χ1n) is 11.7. The monoisotopic (exact) mass is 550 g/mol. The molecule has 1 aliphatic rings. The molecule has 2 heterocycles. The number of para-hydroxylation sites is 1. The molecule has 5 rings (SSSR count). The smallest absolute Gasteiger partial charge is 0.267 e. The second-order valence-corrected chi connectivity index (χ2v) is 10.9. The second kappa shape index (κ2) is 10.9. The van der Waals surface area contributed by atoms with Crippen LogP contribution < -0.4 is 11.0 Å². The van der Waals surface area contributed by atoms with Crippen molar-refractivity contribution in [2.45, 2.75) is 30.8 Å². The van der Waals surface area contributed by atoms with Crippen molar-refractivity contribution in [2.75, 3.05) is 5.75 Å². The molecule has 0 saturated heterocycles. The first kappa shape index (κ1) is 25.3. The van der Waals surface area contributed by atoms with Gasteiger partial charge < -0.3 is 5.11 Å². The summed E-state index contributed by atoms with van der Waals surface area (Å²) in [6.45, 7) is 3.69. The summed E-state index contributed by atoms with van der Waals surface area (Å²) in [4.78, 5) is 32.9. The lowest BCUT2D eigenvalue weighted by atomic mass is 10.1. The molecule has 0 saturated carbocycles. The average Bonchev–Trinajstić information content (AvgIpc) is 3.47. The molecule has 2 N–H and O–H groups in total. The van der Waals surface area contributed by atoms with Crippen LogP contribution >= 0.6 is 34.7 Å². The van der Waals surface area contributed by atoms with E-state index in [4.69, 9.17) is 16.6 Å². The van der Waals surface area contributed by atoms with Gasteiger partial charge in [-0.15, -0.1) is 17.9 Å². The molecule has 1 amide bonds. The Labute approximate surface area is 226 Å². The third-order valence-corrected chi connectivity index (χ3v) is 8.41. The number of benzene rings is 2. The summed E-state index contributed by atoms with van der Waals surface area (Å²) in [5, 5.41) is 16.0. The van der Waals surface area contributed by atoms with Gasteiger partial charge in [-0.1, -0.05) is 41.6 Å². The molecule has 37 heavy (non-hydrogen) atoms. The molecule has 1 aliphatic carbocycles. The lowest BCUT2D eigenvalue weighted by Gasteiger charge is -2.12. The van der Waals surface area contributed by atoms with Crippen LogP contribution in [0, 0.1) is 0 Å². The highest BCUT2D eigenvalue weighted by atomic mass is 35.5. The fourth-order valence-corrected chi connectivity index (χ4v) is 6.54. The quantitative estimate of drug-likeness (QED) is 0.102. The zero-order valence-corrected chi connectivity index (χ0v) is 22.1. The van der Waals surface area contributed by atoms with E-state index in [-0.39, 0.29) is 23.0 Å². The van der Waals surface area contributed by atoms with Gasteiger partial charge in [0.2, 0.25) is 0 Å². The minimum absolute atomic E-state index is 0.00352. The number of nitrogens with one attached hydrogen (secondary N) is 1. The van der Waals surface area contributed by atoms with E-state index in [1.165, 1.54) is 11.1 Å². The minimum Gasteiger partial charge on any atom is -0.507 e. The van der Waals surface area contributed by atoms with Crippen LogP contribution in [0.3, 0.4) is 0 Å². The van der Waals surface area contributed by atoms with Crippen LogP contribution in [0.5, 0.6) is 5.75 Å². The number of hydrazone groups is 1. The molecular formula is C27H23ClN4O3S2. The van der Waals surface area contributed by atoms with E-state index in [1.54, 1.807) is 64.4 Å². The van der Waals surface area contributed by atoms with Gasteiger partial charge in [-0.3, -0.25) is 14.2 Å². The van der Waals surface area contributed by atoms with Gasteiger partial charge in [0.15, 0.2) is 5.16 Å². The number of allylic oxidation sites excluding steroid dienone is 1. The Balaban J connectivity index is 1.38. The van der Waals surface area contributed by atoms with Crippen molar-refractivity contribution < 1.29 is 9.90 Å². The fourth-order valence-electron chi connectivity index (χ4n) is 4.31. The maximum absolute atomic E-state index is 13.7. The predicted octanol–water partition coefficient (Wildman–Crippen LogP) is 5.27. The molecule has 0 aliphatic heterocycles. The highest BCUT2D eigenvalue weighted by Crippen LogP contribution is 2.36. The van der Waals surface area contributed by atoms with Gasteiger partial charge in [0.05, 0.1) is 23.0 Å². The number of hydrogen-bond donors (Lipinski definition) is 2. The Bertz CT molecular complexity index is 1590. The van der Waals surface area contributed by atoms with Crippen LogP contribution in [-0.4, -0.2) is 32.5 Å². The van der Waals surface area contributed by atoms with E-state index < -0.39 is 0 Å². The van der Waals surface area contributed by atoms with Gasteiger partial charge in [0, 0.05) is 15.5 Å². The van der Waals surface area contributed by atoms with Crippen molar-refractivity contribution in [2.24, 2.45) is 5.10 Å². The number of phenolic OH excluding ortho intramolecular Hbond substituents is 1. The maximum atomic E-state index is 13.7. The minimum atomic E-state index is -0.367. The normalized spacial score (nSPS) is 12.8. The zero-order chi connectivity index (χ0) is 25.9. The summed E-state index contributed by atoms with van der Waals surface area (Å²) in [7, 11) is 0. The Morgan fingerprint density at radius 1 is 1.27 bits per heavy atom. The third kappa shape index (κ3) is 5.20. The molecular weight excluding hydrogens is 528 g/mol. The Hall–Kier alpha value is -3.40. The summed E-state index contributed by atoms with van der Waals surface area (Å²) in [6.07, 6.45) is 6.51.